The molecule has 0 aliphatic carbocycles. The Hall–Kier alpha value is -0.680. The van der Waals surface area contributed by atoms with Gasteiger partial charge in [0.2, 0.25) is 5.91 Å². The number of amides is 1. The van der Waals surface area contributed by atoms with Gasteiger partial charge in [-0.1, -0.05) is 19.1 Å². The number of carbonyl (C=O) groups is 1. The van der Waals surface area contributed by atoms with Crippen LogP contribution >= 0.6 is 12.2 Å². The average molecular weight is 258 g/mol. The van der Waals surface area contributed by atoms with Crippen molar-refractivity contribution in [3.63, 3.8) is 0 Å². The Kier molecular flexibility index (Phi) is 5.33. The van der Waals surface area contributed by atoms with Crippen LogP contribution in [-0.4, -0.2) is 42.6 Å². The van der Waals surface area contributed by atoms with Gasteiger partial charge in [-0.05, 0) is 19.3 Å². The van der Waals surface area contributed by atoms with Gasteiger partial charge >= 0.3 is 0 Å². The molecule has 0 atom stereocenters. The van der Waals surface area contributed by atoms with Crippen molar-refractivity contribution in [2.45, 2.75) is 32.6 Å². The number of nitrogens with two attached hydrogens (primary N) is 1. The predicted molar refractivity (Wildman–Crippen MR) is 71.8 cm³/mol. The van der Waals surface area contributed by atoms with Crippen LogP contribution in [0.4, 0.5) is 0 Å². The highest BCUT2D eigenvalue weighted by Gasteiger charge is 2.33. The van der Waals surface area contributed by atoms with E-state index in [0.717, 1.165) is 32.4 Å². The van der Waals surface area contributed by atoms with Crippen molar-refractivity contribution >= 4 is 23.1 Å². The lowest BCUT2D eigenvalue weighted by Gasteiger charge is -2.38. The number of rotatable bonds is 5. The summed E-state index contributed by atoms with van der Waals surface area (Å²) in [6, 6.07) is 0. The van der Waals surface area contributed by atoms with E-state index in [4.69, 9.17) is 22.7 Å². The molecule has 0 spiro atoms. The first kappa shape index (κ1) is 14.4. The van der Waals surface area contributed by atoms with Gasteiger partial charge in [0, 0.05) is 38.6 Å². The van der Waals surface area contributed by atoms with Gasteiger partial charge < -0.3 is 15.4 Å². The molecule has 1 aliphatic heterocycles. The zero-order valence-electron chi connectivity index (χ0n) is 10.7. The number of hydrogen-bond acceptors (Lipinski definition) is 3. The molecule has 1 amide bonds. The van der Waals surface area contributed by atoms with Crippen molar-refractivity contribution in [1.29, 1.82) is 0 Å². The van der Waals surface area contributed by atoms with Gasteiger partial charge in [0.05, 0.1) is 4.99 Å². The molecule has 1 aliphatic rings. The van der Waals surface area contributed by atoms with Gasteiger partial charge in [0.25, 0.3) is 0 Å². The predicted octanol–water partition coefficient (Wildman–Crippen LogP) is 1.33. The lowest BCUT2D eigenvalue weighted by atomic mass is 9.80. The van der Waals surface area contributed by atoms with Crippen molar-refractivity contribution < 1.29 is 9.53 Å². The topological polar surface area (TPSA) is 55.6 Å². The zero-order valence-corrected chi connectivity index (χ0v) is 11.5. The van der Waals surface area contributed by atoms with Crippen molar-refractivity contribution in [3.8, 4) is 0 Å². The van der Waals surface area contributed by atoms with E-state index in [2.05, 4.69) is 6.92 Å². The molecule has 1 saturated heterocycles. The van der Waals surface area contributed by atoms with Crippen molar-refractivity contribution in [3.05, 3.63) is 0 Å². The molecular weight excluding hydrogens is 236 g/mol. The van der Waals surface area contributed by atoms with E-state index in [1.807, 2.05) is 4.90 Å². The molecule has 4 nitrogen and oxygen atoms in total. The maximum atomic E-state index is 11.9. The molecule has 0 aromatic rings. The molecule has 5 heteroatoms. The molecule has 1 rings (SSSR count). The summed E-state index contributed by atoms with van der Waals surface area (Å²) in [5.74, 6) is 0.215. The van der Waals surface area contributed by atoms with Gasteiger partial charge in [0.15, 0.2) is 0 Å². The standard InChI is InChI=1S/C12H22N2O2S/c1-12(11(13)17)5-7-14(8-6-12)10(15)4-3-9-16-2/h3-9H2,1-2H3,(H2,13,17). The van der Waals surface area contributed by atoms with Gasteiger partial charge in [-0.2, -0.15) is 0 Å². The normalized spacial score (nSPS) is 19.1. The maximum absolute atomic E-state index is 11.9. The van der Waals surface area contributed by atoms with Gasteiger partial charge in [-0.3, -0.25) is 4.79 Å². The highest BCUT2D eigenvalue weighted by Crippen LogP contribution is 2.31. The fourth-order valence-corrected chi connectivity index (χ4v) is 2.23. The Morgan fingerprint density at radius 1 is 1.47 bits per heavy atom. The van der Waals surface area contributed by atoms with E-state index in [1.165, 1.54) is 0 Å². The molecule has 0 bridgehead atoms. The van der Waals surface area contributed by atoms with Crippen molar-refractivity contribution in [2.75, 3.05) is 26.8 Å². The van der Waals surface area contributed by atoms with Crippen LogP contribution in [0.5, 0.6) is 0 Å². The molecule has 0 aromatic carbocycles. The highest BCUT2D eigenvalue weighted by atomic mass is 32.1. The molecule has 17 heavy (non-hydrogen) atoms. The smallest absolute Gasteiger partial charge is 0.222 e. The summed E-state index contributed by atoms with van der Waals surface area (Å²) in [6.45, 7) is 4.26. The number of thiocarbonyl (C=S) groups is 1. The summed E-state index contributed by atoms with van der Waals surface area (Å²) in [5.41, 5.74) is 5.66. The molecule has 98 valence electrons. The van der Waals surface area contributed by atoms with E-state index in [-0.39, 0.29) is 11.3 Å². The Morgan fingerprint density at radius 2 is 2.06 bits per heavy atom. The second-order valence-corrected chi connectivity index (χ2v) is 5.34. The van der Waals surface area contributed by atoms with E-state index in [0.29, 0.717) is 18.0 Å². The molecular formula is C12H22N2O2S. The summed E-state index contributed by atoms with van der Waals surface area (Å²) < 4.78 is 4.94. The van der Waals surface area contributed by atoms with Gasteiger partial charge in [0.1, 0.15) is 0 Å². The number of methoxy groups -OCH3 is 1. The highest BCUT2D eigenvalue weighted by molar-refractivity contribution is 7.80. The quantitative estimate of drug-likeness (QED) is 0.597. The number of ether oxygens (including phenoxy) is 1. The number of nitrogens with zero attached hydrogens (tertiary/aromatic N) is 1. The maximum Gasteiger partial charge on any atom is 0.222 e. The van der Waals surface area contributed by atoms with Crippen LogP contribution < -0.4 is 5.73 Å². The first-order chi connectivity index (χ1) is 7.99. The Morgan fingerprint density at radius 3 is 2.53 bits per heavy atom. The molecule has 0 saturated carbocycles. The summed E-state index contributed by atoms with van der Waals surface area (Å²) in [6.07, 6.45) is 3.10. The van der Waals surface area contributed by atoms with Crippen molar-refractivity contribution in [1.82, 2.24) is 4.90 Å². The Labute approximate surface area is 108 Å². The number of likely N-dealkylation sites (tertiary alicyclic amines) is 1. The minimum atomic E-state index is -0.0708. The lowest BCUT2D eigenvalue weighted by Crippen LogP contribution is -2.46. The average Bonchev–Trinajstić information content (AvgIpc) is 2.30. The second-order valence-electron chi connectivity index (χ2n) is 4.90. The summed E-state index contributed by atoms with van der Waals surface area (Å²) in [4.78, 5) is 14.3. The van der Waals surface area contributed by atoms with Crippen LogP contribution in [0.2, 0.25) is 0 Å². The first-order valence-corrected chi connectivity index (χ1v) is 6.47. The lowest BCUT2D eigenvalue weighted by molar-refractivity contribution is -0.133. The zero-order chi connectivity index (χ0) is 12.9. The second kappa shape index (κ2) is 6.31. The van der Waals surface area contributed by atoms with E-state index in [9.17, 15) is 4.79 Å². The molecule has 0 radical (unpaired) electrons. The number of carbonyl (C=O) groups excluding carboxylic acids is 1. The third-order valence-electron chi connectivity index (χ3n) is 3.55. The molecule has 1 fully saturated rings. The third kappa shape index (κ3) is 3.92. The fourth-order valence-electron chi connectivity index (χ4n) is 2.02. The van der Waals surface area contributed by atoms with Crippen LogP contribution in [0, 0.1) is 5.41 Å². The minimum absolute atomic E-state index is 0.0708. The summed E-state index contributed by atoms with van der Waals surface area (Å²) >= 11 is 5.08. The largest absolute Gasteiger partial charge is 0.393 e. The van der Waals surface area contributed by atoms with Crippen LogP contribution in [0.15, 0.2) is 0 Å². The van der Waals surface area contributed by atoms with E-state index >= 15 is 0 Å². The number of piperidine rings is 1. The van der Waals surface area contributed by atoms with Crippen LogP contribution in [0.3, 0.4) is 0 Å². The fraction of sp³-hybridized carbons (Fsp3) is 0.833. The minimum Gasteiger partial charge on any atom is -0.393 e. The molecule has 0 aromatic heterocycles. The first-order valence-electron chi connectivity index (χ1n) is 6.06. The number of hydrogen-bond donors (Lipinski definition) is 1. The summed E-state index contributed by atoms with van der Waals surface area (Å²) in [7, 11) is 1.65. The SMILES string of the molecule is COCCCC(=O)N1CCC(C)(C(N)=S)CC1. The molecule has 2 N–H and O–H groups in total. The third-order valence-corrected chi connectivity index (χ3v) is 4.05. The Balaban J connectivity index is 2.36. The van der Waals surface area contributed by atoms with E-state index < -0.39 is 0 Å². The molecule has 0 unspecified atom stereocenters. The van der Waals surface area contributed by atoms with E-state index in [1.54, 1.807) is 7.11 Å². The van der Waals surface area contributed by atoms with Crippen LogP contribution in [0.25, 0.3) is 0 Å². The van der Waals surface area contributed by atoms with Gasteiger partial charge in [-0.25, -0.2) is 0 Å². The molecule has 1 heterocycles. The van der Waals surface area contributed by atoms with Crippen molar-refractivity contribution in [2.24, 2.45) is 11.1 Å². The summed E-state index contributed by atoms with van der Waals surface area (Å²) in [5, 5.41) is 0. The monoisotopic (exact) mass is 258 g/mol. The van der Waals surface area contributed by atoms with Crippen LogP contribution in [-0.2, 0) is 9.53 Å². The van der Waals surface area contributed by atoms with Gasteiger partial charge in [-0.15, -0.1) is 0 Å². The van der Waals surface area contributed by atoms with Crippen LogP contribution in [0.1, 0.15) is 32.6 Å². The Bertz CT molecular complexity index is 286.